The first-order chi connectivity index (χ1) is 5.11. The second kappa shape index (κ2) is 3.09. The summed E-state index contributed by atoms with van der Waals surface area (Å²) in [6.07, 6.45) is -2.85. The molecular weight excluding hydrogens is 179 g/mol. The topological polar surface area (TPSA) is 12.9 Å². The number of alkyl halides is 2. The van der Waals surface area contributed by atoms with Crippen LogP contribution in [0.2, 0.25) is 5.15 Å². The van der Waals surface area contributed by atoms with Gasteiger partial charge < -0.3 is 0 Å². The second-order valence-corrected chi connectivity index (χ2v) is 2.20. The number of pyridine rings is 1. The van der Waals surface area contributed by atoms with Crippen molar-refractivity contribution in [1.29, 1.82) is 0 Å². The van der Waals surface area contributed by atoms with E-state index >= 15 is 0 Å². The molecule has 1 aromatic heterocycles. The molecule has 0 atom stereocenters. The minimum atomic E-state index is -2.85. The molecule has 0 N–H and O–H groups in total. The first-order valence-corrected chi connectivity index (χ1v) is 3.09. The van der Waals surface area contributed by atoms with Crippen LogP contribution >= 0.6 is 11.6 Å². The molecule has 0 saturated carbocycles. The number of hydrogen-bond donors (Lipinski definition) is 0. The first-order valence-electron chi connectivity index (χ1n) is 2.71. The van der Waals surface area contributed by atoms with E-state index < -0.39 is 17.9 Å². The first kappa shape index (κ1) is 8.33. The van der Waals surface area contributed by atoms with Crippen LogP contribution in [-0.4, -0.2) is 4.98 Å². The molecule has 0 radical (unpaired) electrons. The predicted molar refractivity (Wildman–Crippen MR) is 34.2 cm³/mol. The van der Waals surface area contributed by atoms with Gasteiger partial charge in [-0.3, -0.25) is 0 Å². The average molecular weight is 182 g/mol. The molecule has 0 fully saturated rings. The van der Waals surface area contributed by atoms with E-state index in [2.05, 4.69) is 4.98 Å². The molecular formula is C6H3ClF3N. The van der Waals surface area contributed by atoms with Gasteiger partial charge >= 0.3 is 0 Å². The van der Waals surface area contributed by atoms with Gasteiger partial charge in [-0.2, -0.15) is 4.39 Å². The highest BCUT2D eigenvalue weighted by atomic mass is 35.5. The fourth-order valence-electron chi connectivity index (χ4n) is 0.586. The van der Waals surface area contributed by atoms with Crippen LogP contribution in [0.4, 0.5) is 13.2 Å². The number of halogens is 4. The Morgan fingerprint density at radius 3 is 2.45 bits per heavy atom. The van der Waals surface area contributed by atoms with Crippen LogP contribution < -0.4 is 0 Å². The number of nitrogens with zero attached hydrogens (tertiary/aromatic N) is 1. The summed E-state index contributed by atoms with van der Waals surface area (Å²) in [7, 11) is 0. The standard InChI is InChI=1S/C6H3ClF3N/c7-4-2-1-3(5(8)9)6(10)11-4/h1-2,5H. The van der Waals surface area contributed by atoms with Crippen molar-refractivity contribution in [2.45, 2.75) is 6.43 Å². The van der Waals surface area contributed by atoms with E-state index in [-0.39, 0.29) is 5.15 Å². The molecule has 0 saturated heterocycles. The Morgan fingerprint density at radius 2 is 2.00 bits per heavy atom. The van der Waals surface area contributed by atoms with Gasteiger partial charge in [0.2, 0.25) is 5.95 Å². The van der Waals surface area contributed by atoms with E-state index in [4.69, 9.17) is 11.6 Å². The van der Waals surface area contributed by atoms with E-state index in [9.17, 15) is 13.2 Å². The van der Waals surface area contributed by atoms with E-state index in [1.165, 1.54) is 0 Å². The third-order valence-electron chi connectivity index (χ3n) is 1.08. The van der Waals surface area contributed by atoms with E-state index in [0.29, 0.717) is 0 Å². The maximum Gasteiger partial charge on any atom is 0.268 e. The van der Waals surface area contributed by atoms with Gasteiger partial charge in [0.1, 0.15) is 5.15 Å². The van der Waals surface area contributed by atoms with Crippen molar-refractivity contribution in [2.24, 2.45) is 0 Å². The van der Waals surface area contributed by atoms with Crippen molar-refractivity contribution in [1.82, 2.24) is 4.98 Å². The Labute approximate surface area is 65.8 Å². The molecule has 1 heterocycles. The van der Waals surface area contributed by atoms with E-state index in [1.54, 1.807) is 0 Å². The largest absolute Gasteiger partial charge is 0.268 e. The van der Waals surface area contributed by atoms with E-state index in [1.807, 2.05) is 0 Å². The fourth-order valence-corrected chi connectivity index (χ4v) is 0.723. The Hall–Kier alpha value is -0.770. The number of hydrogen-bond acceptors (Lipinski definition) is 1. The summed E-state index contributed by atoms with van der Waals surface area (Å²) in [5, 5.41) is -0.132. The van der Waals surface area contributed by atoms with Crippen LogP contribution in [0.5, 0.6) is 0 Å². The van der Waals surface area contributed by atoms with Crippen LogP contribution in [0.15, 0.2) is 12.1 Å². The summed E-state index contributed by atoms with van der Waals surface area (Å²) in [6, 6.07) is 2.03. The summed E-state index contributed by atoms with van der Waals surface area (Å²) in [4.78, 5) is 3.01. The summed E-state index contributed by atoms with van der Waals surface area (Å²) in [5.74, 6) is -1.22. The molecule has 0 spiro atoms. The molecule has 0 aromatic carbocycles. The van der Waals surface area contributed by atoms with Gasteiger partial charge in [0, 0.05) is 0 Å². The maximum absolute atomic E-state index is 12.4. The molecule has 0 aliphatic heterocycles. The molecule has 1 nitrogen and oxygen atoms in total. The van der Waals surface area contributed by atoms with Gasteiger partial charge in [0.25, 0.3) is 6.43 Å². The zero-order valence-electron chi connectivity index (χ0n) is 5.19. The van der Waals surface area contributed by atoms with Crippen molar-refractivity contribution >= 4 is 11.6 Å². The number of rotatable bonds is 1. The van der Waals surface area contributed by atoms with Crippen LogP contribution in [0.1, 0.15) is 12.0 Å². The maximum atomic E-state index is 12.4. The lowest BCUT2D eigenvalue weighted by molar-refractivity contribution is 0.145. The highest BCUT2D eigenvalue weighted by molar-refractivity contribution is 6.29. The van der Waals surface area contributed by atoms with Crippen molar-refractivity contribution < 1.29 is 13.2 Å². The molecule has 11 heavy (non-hydrogen) atoms. The lowest BCUT2D eigenvalue weighted by Crippen LogP contribution is -1.93. The van der Waals surface area contributed by atoms with Gasteiger partial charge in [-0.05, 0) is 12.1 Å². The molecule has 60 valence electrons. The van der Waals surface area contributed by atoms with Crippen LogP contribution in [0.3, 0.4) is 0 Å². The summed E-state index contributed by atoms with van der Waals surface area (Å²) in [5.41, 5.74) is -0.727. The molecule has 0 aliphatic carbocycles. The minimum absolute atomic E-state index is 0.132. The lowest BCUT2D eigenvalue weighted by Gasteiger charge is -1.99. The van der Waals surface area contributed by atoms with Gasteiger partial charge in [-0.15, -0.1) is 0 Å². The highest BCUT2D eigenvalue weighted by Gasteiger charge is 2.13. The fraction of sp³-hybridized carbons (Fsp3) is 0.167. The predicted octanol–water partition coefficient (Wildman–Crippen LogP) is 2.81. The Balaban J connectivity index is 3.09. The monoisotopic (exact) mass is 181 g/mol. The zero-order valence-corrected chi connectivity index (χ0v) is 5.95. The van der Waals surface area contributed by atoms with Gasteiger partial charge in [0.15, 0.2) is 0 Å². The average Bonchev–Trinajstić information content (AvgIpc) is 1.85. The quantitative estimate of drug-likeness (QED) is 0.607. The summed E-state index contributed by atoms with van der Waals surface area (Å²) in [6.45, 7) is 0. The Bertz CT molecular complexity index is 264. The van der Waals surface area contributed by atoms with Crippen molar-refractivity contribution in [2.75, 3.05) is 0 Å². The molecule has 0 bridgehead atoms. The van der Waals surface area contributed by atoms with Gasteiger partial charge in [0.05, 0.1) is 5.56 Å². The molecule has 0 unspecified atom stereocenters. The third kappa shape index (κ3) is 1.83. The molecule has 0 aliphatic rings. The lowest BCUT2D eigenvalue weighted by atomic mass is 10.3. The summed E-state index contributed by atoms with van der Waals surface area (Å²) < 4.78 is 36.1. The highest BCUT2D eigenvalue weighted by Crippen LogP contribution is 2.21. The van der Waals surface area contributed by atoms with Crippen molar-refractivity contribution in [3.63, 3.8) is 0 Å². The molecule has 5 heteroatoms. The Morgan fingerprint density at radius 1 is 1.36 bits per heavy atom. The van der Waals surface area contributed by atoms with Crippen LogP contribution in [0, 0.1) is 5.95 Å². The molecule has 1 aromatic rings. The van der Waals surface area contributed by atoms with E-state index in [0.717, 1.165) is 12.1 Å². The second-order valence-electron chi connectivity index (χ2n) is 1.81. The van der Waals surface area contributed by atoms with Crippen LogP contribution in [-0.2, 0) is 0 Å². The molecule has 0 amide bonds. The minimum Gasteiger partial charge on any atom is -0.207 e. The van der Waals surface area contributed by atoms with Crippen molar-refractivity contribution in [3.05, 3.63) is 28.8 Å². The normalized spacial score (nSPS) is 10.6. The SMILES string of the molecule is Fc1nc(Cl)ccc1C(F)F. The third-order valence-corrected chi connectivity index (χ3v) is 1.29. The van der Waals surface area contributed by atoms with Gasteiger partial charge in [-0.25, -0.2) is 13.8 Å². The van der Waals surface area contributed by atoms with Gasteiger partial charge in [-0.1, -0.05) is 11.6 Å². The van der Waals surface area contributed by atoms with Crippen LogP contribution in [0.25, 0.3) is 0 Å². The zero-order chi connectivity index (χ0) is 8.43. The smallest absolute Gasteiger partial charge is 0.207 e. The number of aromatic nitrogens is 1. The van der Waals surface area contributed by atoms with Crippen molar-refractivity contribution in [3.8, 4) is 0 Å². The summed E-state index contributed by atoms with van der Waals surface area (Å²) >= 11 is 5.23. The Kier molecular flexibility index (Phi) is 2.34. The molecule has 1 rings (SSSR count).